The summed E-state index contributed by atoms with van der Waals surface area (Å²) in [6, 6.07) is 5.27. The molecule has 1 atom stereocenters. The third kappa shape index (κ3) is 6.73. The first-order valence-electron chi connectivity index (χ1n) is 10.0. The van der Waals surface area contributed by atoms with Crippen LogP contribution in [-0.4, -0.2) is 40.6 Å². The van der Waals surface area contributed by atoms with E-state index in [0.717, 1.165) is 42.5 Å². The summed E-state index contributed by atoms with van der Waals surface area (Å²) >= 11 is 1.63. The molecular formula is C21H33FN6S. The van der Waals surface area contributed by atoms with Crippen LogP contribution in [0.25, 0.3) is 0 Å². The zero-order valence-corrected chi connectivity index (χ0v) is 19.1. The summed E-state index contributed by atoms with van der Waals surface area (Å²) < 4.78 is 16.0. The Morgan fingerprint density at radius 3 is 2.66 bits per heavy atom. The van der Waals surface area contributed by atoms with E-state index in [-0.39, 0.29) is 11.9 Å². The standard InChI is InChI=1S/C21H33FN6S/c1-14(2)13-28-19(26-27-21(28)29-6)8-7-11-24-20(23-5)25-16(4)17-10-9-15(3)18(22)12-17/h9-10,12,14,16H,7-8,11,13H2,1-6H3,(H2,23,24,25). The number of nitrogens with zero attached hydrogens (tertiary/aromatic N) is 4. The molecule has 2 rings (SSSR count). The molecule has 0 aliphatic carbocycles. The Bertz CT molecular complexity index is 817. The lowest BCUT2D eigenvalue weighted by molar-refractivity contribution is 0.477. The van der Waals surface area contributed by atoms with E-state index in [4.69, 9.17) is 0 Å². The fraction of sp³-hybridized carbons (Fsp3) is 0.571. The molecule has 0 saturated heterocycles. The predicted molar refractivity (Wildman–Crippen MR) is 119 cm³/mol. The molecule has 0 aliphatic heterocycles. The van der Waals surface area contributed by atoms with Gasteiger partial charge in [-0.05, 0) is 49.6 Å². The Labute approximate surface area is 177 Å². The smallest absolute Gasteiger partial charge is 0.191 e. The summed E-state index contributed by atoms with van der Waals surface area (Å²) in [5.74, 6) is 2.09. The normalized spacial score (nSPS) is 13.0. The number of halogens is 1. The molecule has 0 saturated carbocycles. The Kier molecular flexibility index (Phi) is 8.95. The van der Waals surface area contributed by atoms with Gasteiger partial charge in [-0.3, -0.25) is 4.99 Å². The van der Waals surface area contributed by atoms with Crippen LogP contribution >= 0.6 is 11.8 Å². The summed E-state index contributed by atoms with van der Waals surface area (Å²) in [7, 11) is 1.74. The van der Waals surface area contributed by atoms with E-state index in [0.29, 0.717) is 17.4 Å². The van der Waals surface area contributed by atoms with E-state index in [2.05, 4.69) is 44.2 Å². The van der Waals surface area contributed by atoms with Gasteiger partial charge in [0.1, 0.15) is 11.6 Å². The van der Waals surface area contributed by atoms with Gasteiger partial charge in [-0.25, -0.2) is 4.39 Å². The second kappa shape index (κ2) is 11.2. The average molecular weight is 421 g/mol. The zero-order chi connectivity index (χ0) is 21.4. The minimum atomic E-state index is -0.186. The number of nitrogens with one attached hydrogen (secondary N) is 2. The summed E-state index contributed by atoms with van der Waals surface area (Å²) in [5.41, 5.74) is 1.54. The summed E-state index contributed by atoms with van der Waals surface area (Å²) in [4.78, 5) is 4.28. The topological polar surface area (TPSA) is 67.1 Å². The monoisotopic (exact) mass is 420 g/mol. The molecule has 1 unspecified atom stereocenters. The maximum Gasteiger partial charge on any atom is 0.191 e. The van der Waals surface area contributed by atoms with Crippen LogP contribution in [0.2, 0.25) is 0 Å². The highest BCUT2D eigenvalue weighted by Crippen LogP contribution is 2.17. The Hall–Kier alpha value is -2.09. The molecule has 1 aromatic carbocycles. The molecule has 2 aromatic rings. The third-order valence-electron chi connectivity index (χ3n) is 4.67. The van der Waals surface area contributed by atoms with Crippen molar-refractivity contribution < 1.29 is 4.39 Å². The van der Waals surface area contributed by atoms with Crippen molar-refractivity contribution in [3.63, 3.8) is 0 Å². The van der Waals surface area contributed by atoms with E-state index in [1.165, 1.54) is 0 Å². The van der Waals surface area contributed by atoms with Gasteiger partial charge in [0.25, 0.3) is 0 Å². The first-order chi connectivity index (χ1) is 13.8. The van der Waals surface area contributed by atoms with Crippen molar-refractivity contribution in [1.29, 1.82) is 0 Å². The Balaban J connectivity index is 1.86. The van der Waals surface area contributed by atoms with Gasteiger partial charge in [0, 0.05) is 26.6 Å². The van der Waals surface area contributed by atoms with E-state index >= 15 is 0 Å². The highest BCUT2D eigenvalue weighted by Gasteiger charge is 2.13. The van der Waals surface area contributed by atoms with Gasteiger partial charge in [0.05, 0.1) is 6.04 Å². The maximum absolute atomic E-state index is 13.8. The predicted octanol–water partition coefficient (Wildman–Crippen LogP) is 3.96. The molecule has 29 heavy (non-hydrogen) atoms. The molecule has 6 nitrogen and oxygen atoms in total. The van der Waals surface area contributed by atoms with Gasteiger partial charge in [0.2, 0.25) is 0 Å². The minimum Gasteiger partial charge on any atom is -0.356 e. The lowest BCUT2D eigenvalue weighted by atomic mass is 10.1. The maximum atomic E-state index is 13.8. The van der Waals surface area contributed by atoms with Gasteiger partial charge in [-0.2, -0.15) is 0 Å². The second-order valence-electron chi connectivity index (χ2n) is 7.58. The number of aryl methyl sites for hydroxylation is 2. The van der Waals surface area contributed by atoms with E-state index in [9.17, 15) is 4.39 Å². The van der Waals surface area contributed by atoms with Crippen molar-refractivity contribution in [3.05, 3.63) is 41.0 Å². The van der Waals surface area contributed by atoms with Crippen molar-refractivity contribution in [1.82, 2.24) is 25.4 Å². The van der Waals surface area contributed by atoms with Gasteiger partial charge >= 0.3 is 0 Å². The fourth-order valence-corrected chi connectivity index (χ4v) is 3.54. The van der Waals surface area contributed by atoms with Crippen LogP contribution in [0.3, 0.4) is 0 Å². The first-order valence-corrected chi connectivity index (χ1v) is 11.3. The number of benzene rings is 1. The van der Waals surface area contributed by atoms with Crippen LogP contribution in [-0.2, 0) is 13.0 Å². The molecule has 8 heteroatoms. The summed E-state index contributed by atoms with van der Waals surface area (Å²) in [6.07, 6.45) is 3.80. The largest absolute Gasteiger partial charge is 0.356 e. The van der Waals surface area contributed by atoms with Crippen molar-refractivity contribution in [2.45, 2.75) is 58.3 Å². The lowest BCUT2D eigenvalue weighted by Gasteiger charge is -2.19. The molecule has 160 valence electrons. The highest BCUT2D eigenvalue weighted by molar-refractivity contribution is 7.98. The molecule has 0 aliphatic rings. The Morgan fingerprint density at radius 1 is 1.28 bits per heavy atom. The number of hydrogen-bond acceptors (Lipinski definition) is 4. The van der Waals surface area contributed by atoms with Crippen molar-refractivity contribution >= 4 is 17.7 Å². The van der Waals surface area contributed by atoms with Gasteiger partial charge < -0.3 is 15.2 Å². The third-order valence-corrected chi connectivity index (χ3v) is 5.33. The molecule has 0 amide bonds. The Morgan fingerprint density at radius 2 is 2.03 bits per heavy atom. The zero-order valence-electron chi connectivity index (χ0n) is 18.3. The molecule has 1 aromatic heterocycles. The number of thioether (sulfide) groups is 1. The van der Waals surface area contributed by atoms with Crippen LogP contribution < -0.4 is 10.6 Å². The van der Waals surface area contributed by atoms with E-state index < -0.39 is 0 Å². The van der Waals surface area contributed by atoms with Gasteiger partial charge in [-0.15, -0.1) is 10.2 Å². The molecule has 0 radical (unpaired) electrons. The highest BCUT2D eigenvalue weighted by atomic mass is 32.2. The van der Waals surface area contributed by atoms with Crippen LogP contribution in [0, 0.1) is 18.7 Å². The van der Waals surface area contributed by atoms with Crippen LogP contribution in [0.15, 0.2) is 28.3 Å². The second-order valence-corrected chi connectivity index (χ2v) is 8.36. The molecule has 0 spiro atoms. The number of aromatic nitrogens is 3. The van der Waals surface area contributed by atoms with E-state index in [1.54, 1.807) is 37.9 Å². The number of guanidine groups is 1. The van der Waals surface area contributed by atoms with E-state index in [1.807, 2.05) is 19.2 Å². The average Bonchev–Trinajstić information content (AvgIpc) is 3.07. The molecular weight excluding hydrogens is 387 g/mol. The SMILES string of the molecule is CN=C(NCCCc1nnc(SC)n1CC(C)C)NC(C)c1ccc(C)c(F)c1. The molecule has 0 fully saturated rings. The summed E-state index contributed by atoms with van der Waals surface area (Å²) in [6.45, 7) is 9.85. The number of rotatable bonds is 9. The van der Waals surface area contributed by atoms with Gasteiger partial charge in [-0.1, -0.05) is 37.7 Å². The van der Waals surface area contributed by atoms with Crippen LogP contribution in [0.1, 0.15) is 50.2 Å². The fourth-order valence-electron chi connectivity index (χ4n) is 3.02. The van der Waals surface area contributed by atoms with Crippen LogP contribution in [0.4, 0.5) is 4.39 Å². The van der Waals surface area contributed by atoms with Crippen molar-refractivity contribution in [2.75, 3.05) is 19.8 Å². The quantitative estimate of drug-likeness (QED) is 0.278. The summed E-state index contributed by atoms with van der Waals surface area (Å²) in [5, 5.41) is 16.3. The van der Waals surface area contributed by atoms with Crippen LogP contribution in [0.5, 0.6) is 0 Å². The first kappa shape index (κ1) is 23.2. The minimum absolute atomic E-state index is 0.0467. The number of hydrogen-bond donors (Lipinski definition) is 2. The van der Waals surface area contributed by atoms with Crippen molar-refractivity contribution in [2.24, 2.45) is 10.9 Å². The van der Waals surface area contributed by atoms with Crippen molar-refractivity contribution in [3.8, 4) is 0 Å². The molecule has 2 N–H and O–H groups in total. The number of aliphatic imine (C=N–C) groups is 1. The molecule has 0 bridgehead atoms. The molecule has 1 heterocycles. The lowest BCUT2D eigenvalue weighted by Crippen LogP contribution is -2.39. The van der Waals surface area contributed by atoms with Gasteiger partial charge in [0.15, 0.2) is 11.1 Å².